The first-order valence-corrected chi connectivity index (χ1v) is 5.42. The van der Waals surface area contributed by atoms with E-state index < -0.39 is 0 Å². The van der Waals surface area contributed by atoms with Crippen molar-refractivity contribution in [3.05, 3.63) is 18.0 Å². The Morgan fingerprint density at radius 3 is 2.88 bits per heavy atom. The lowest BCUT2D eigenvalue weighted by Crippen LogP contribution is -2.28. The average Bonchev–Trinajstić information content (AvgIpc) is 2.57. The largest absolute Gasteiger partial charge is 0.397 e. The molecule has 0 radical (unpaired) electrons. The van der Waals surface area contributed by atoms with Gasteiger partial charge in [0.05, 0.1) is 11.8 Å². The van der Waals surface area contributed by atoms with Crippen molar-refractivity contribution in [3.63, 3.8) is 0 Å². The summed E-state index contributed by atoms with van der Waals surface area (Å²) in [7, 11) is 1.77. The van der Waals surface area contributed by atoms with E-state index in [0.29, 0.717) is 30.8 Å². The van der Waals surface area contributed by atoms with Crippen LogP contribution in [0.5, 0.6) is 0 Å². The van der Waals surface area contributed by atoms with Crippen LogP contribution in [0.4, 0.5) is 5.69 Å². The molecule has 5 heteroatoms. The summed E-state index contributed by atoms with van der Waals surface area (Å²) < 4.78 is 1.68. The van der Waals surface area contributed by atoms with Crippen molar-refractivity contribution in [2.45, 2.75) is 25.9 Å². The highest BCUT2D eigenvalue weighted by Crippen LogP contribution is 2.08. The number of hydrogen-bond acceptors (Lipinski definition) is 3. The predicted octanol–water partition coefficient (Wildman–Crippen LogP) is 0.498. The van der Waals surface area contributed by atoms with Crippen LogP contribution in [0.1, 0.15) is 30.3 Å². The minimum atomic E-state index is -0.348. The van der Waals surface area contributed by atoms with Gasteiger partial charge in [0.25, 0.3) is 5.91 Å². The Hall–Kier alpha value is -1.49. The van der Waals surface area contributed by atoms with Gasteiger partial charge in [0, 0.05) is 19.8 Å². The van der Waals surface area contributed by atoms with E-state index in [2.05, 4.69) is 5.32 Å². The van der Waals surface area contributed by atoms with Gasteiger partial charge in [0.2, 0.25) is 0 Å². The van der Waals surface area contributed by atoms with Crippen LogP contribution in [0.15, 0.2) is 12.3 Å². The van der Waals surface area contributed by atoms with E-state index in [1.807, 2.05) is 6.92 Å². The Morgan fingerprint density at radius 1 is 1.69 bits per heavy atom. The van der Waals surface area contributed by atoms with Gasteiger partial charge in [-0.2, -0.15) is 0 Å². The van der Waals surface area contributed by atoms with Crippen molar-refractivity contribution in [1.29, 1.82) is 0 Å². The lowest BCUT2D eigenvalue weighted by atomic mass is 10.2. The predicted molar refractivity (Wildman–Crippen MR) is 63.1 cm³/mol. The molecular weight excluding hydrogens is 206 g/mol. The number of amides is 1. The molecule has 1 aromatic heterocycles. The smallest absolute Gasteiger partial charge is 0.267 e. The molecule has 0 fully saturated rings. The minimum Gasteiger partial charge on any atom is -0.397 e. The molecular formula is C11H19N3O2. The number of nitrogen functional groups attached to an aromatic ring is 1. The van der Waals surface area contributed by atoms with Crippen molar-refractivity contribution in [3.8, 4) is 0 Å². The number of anilines is 1. The summed E-state index contributed by atoms with van der Waals surface area (Å²) >= 11 is 0. The summed E-state index contributed by atoms with van der Waals surface area (Å²) in [6.45, 7) is 2.38. The third-order valence-corrected chi connectivity index (χ3v) is 2.49. The molecule has 5 nitrogen and oxygen atoms in total. The zero-order valence-corrected chi connectivity index (χ0v) is 9.73. The lowest BCUT2D eigenvalue weighted by molar-refractivity contribution is 0.0934. The van der Waals surface area contributed by atoms with E-state index in [4.69, 9.17) is 5.73 Å². The fraction of sp³-hybridized carbons (Fsp3) is 0.545. The second-order valence-corrected chi connectivity index (χ2v) is 3.88. The van der Waals surface area contributed by atoms with Crippen molar-refractivity contribution >= 4 is 11.6 Å². The van der Waals surface area contributed by atoms with Crippen LogP contribution >= 0.6 is 0 Å². The normalized spacial score (nSPS) is 12.4. The number of hydrogen-bond donors (Lipinski definition) is 3. The number of aromatic nitrogens is 1. The fourth-order valence-corrected chi connectivity index (χ4v) is 1.46. The van der Waals surface area contributed by atoms with Crippen LogP contribution in [-0.4, -0.2) is 28.2 Å². The molecule has 0 saturated carbocycles. The van der Waals surface area contributed by atoms with Crippen LogP contribution in [0.25, 0.3) is 0 Å². The third-order valence-electron chi connectivity index (χ3n) is 2.49. The summed E-state index contributed by atoms with van der Waals surface area (Å²) in [6, 6.07) is 1.63. The molecule has 0 aliphatic carbocycles. The molecule has 1 aromatic rings. The molecule has 0 spiro atoms. The van der Waals surface area contributed by atoms with E-state index in [9.17, 15) is 9.90 Å². The first-order valence-electron chi connectivity index (χ1n) is 5.42. The number of carbonyl (C=O) groups is 1. The number of nitrogens with one attached hydrogen (secondary N) is 1. The van der Waals surface area contributed by atoms with Crippen LogP contribution in [0, 0.1) is 0 Å². The number of aryl methyl sites for hydroxylation is 1. The highest BCUT2D eigenvalue weighted by molar-refractivity contribution is 5.93. The second kappa shape index (κ2) is 5.55. The Balaban J connectivity index is 2.44. The number of rotatable bonds is 5. The zero-order valence-electron chi connectivity index (χ0n) is 9.73. The van der Waals surface area contributed by atoms with Crippen molar-refractivity contribution < 1.29 is 9.90 Å². The molecule has 0 aliphatic rings. The molecule has 0 aliphatic heterocycles. The van der Waals surface area contributed by atoms with E-state index in [0.717, 1.165) is 0 Å². The van der Waals surface area contributed by atoms with Crippen molar-refractivity contribution in [2.75, 3.05) is 12.3 Å². The Kier molecular flexibility index (Phi) is 4.37. The summed E-state index contributed by atoms with van der Waals surface area (Å²) in [5.41, 5.74) is 6.68. The van der Waals surface area contributed by atoms with Crippen LogP contribution in [0.3, 0.4) is 0 Å². The molecule has 1 rings (SSSR count). The minimum absolute atomic E-state index is 0.164. The molecule has 0 saturated heterocycles. The van der Waals surface area contributed by atoms with E-state index >= 15 is 0 Å². The summed E-state index contributed by atoms with van der Waals surface area (Å²) in [5, 5.41) is 12.1. The number of nitrogens with zero attached hydrogens (tertiary/aromatic N) is 1. The van der Waals surface area contributed by atoms with Crippen LogP contribution < -0.4 is 11.1 Å². The van der Waals surface area contributed by atoms with E-state index in [1.54, 1.807) is 23.9 Å². The number of aliphatic hydroxyl groups is 1. The van der Waals surface area contributed by atoms with Gasteiger partial charge in [-0.05, 0) is 18.9 Å². The van der Waals surface area contributed by atoms with Gasteiger partial charge in [-0.3, -0.25) is 4.79 Å². The maximum atomic E-state index is 11.7. The van der Waals surface area contributed by atoms with Crippen molar-refractivity contribution in [1.82, 2.24) is 9.88 Å². The zero-order chi connectivity index (χ0) is 12.1. The highest BCUT2D eigenvalue weighted by atomic mass is 16.3. The number of carbonyl (C=O) groups excluding carboxylic acids is 1. The first kappa shape index (κ1) is 12.6. The summed E-state index contributed by atoms with van der Waals surface area (Å²) in [6.07, 6.45) is 2.61. The van der Waals surface area contributed by atoms with Gasteiger partial charge in [0.1, 0.15) is 5.69 Å². The van der Waals surface area contributed by atoms with Gasteiger partial charge < -0.3 is 20.7 Å². The third kappa shape index (κ3) is 3.27. The van der Waals surface area contributed by atoms with E-state index in [1.165, 1.54) is 0 Å². The topological polar surface area (TPSA) is 80.3 Å². The maximum absolute atomic E-state index is 11.7. The van der Waals surface area contributed by atoms with Gasteiger partial charge >= 0.3 is 0 Å². The van der Waals surface area contributed by atoms with Gasteiger partial charge in [0.15, 0.2) is 0 Å². The van der Waals surface area contributed by atoms with Crippen LogP contribution in [-0.2, 0) is 7.05 Å². The number of nitrogens with two attached hydrogens (primary N) is 1. The first-order chi connectivity index (χ1) is 7.54. The Morgan fingerprint density at radius 2 is 2.38 bits per heavy atom. The monoisotopic (exact) mass is 225 g/mol. The molecule has 90 valence electrons. The second-order valence-electron chi connectivity index (χ2n) is 3.88. The number of aliphatic hydroxyl groups excluding tert-OH is 1. The Labute approximate surface area is 95.3 Å². The SMILES string of the molecule is CCC(O)CCNC(=O)c1cc(N)cn1C. The molecule has 16 heavy (non-hydrogen) atoms. The molecule has 0 bridgehead atoms. The summed E-state index contributed by atoms with van der Waals surface area (Å²) in [4.78, 5) is 11.7. The average molecular weight is 225 g/mol. The standard InChI is InChI=1S/C11H19N3O2/c1-3-9(15)4-5-13-11(16)10-6-8(12)7-14(10)2/h6-7,9,15H,3-5,12H2,1-2H3,(H,13,16). The summed E-state index contributed by atoms with van der Waals surface area (Å²) in [5.74, 6) is -0.164. The molecule has 1 heterocycles. The molecule has 1 amide bonds. The van der Waals surface area contributed by atoms with Crippen LogP contribution in [0.2, 0.25) is 0 Å². The maximum Gasteiger partial charge on any atom is 0.267 e. The highest BCUT2D eigenvalue weighted by Gasteiger charge is 2.10. The Bertz CT molecular complexity index is 360. The molecule has 4 N–H and O–H groups in total. The van der Waals surface area contributed by atoms with Gasteiger partial charge in [-0.25, -0.2) is 0 Å². The molecule has 1 unspecified atom stereocenters. The van der Waals surface area contributed by atoms with Gasteiger partial charge in [-0.15, -0.1) is 0 Å². The van der Waals surface area contributed by atoms with E-state index in [-0.39, 0.29) is 12.0 Å². The lowest BCUT2D eigenvalue weighted by Gasteiger charge is -2.09. The molecule has 1 atom stereocenters. The van der Waals surface area contributed by atoms with Gasteiger partial charge in [-0.1, -0.05) is 6.92 Å². The fourth-order valence-electron chi connectivity index (χ4n) is 1.46. The molecule has 0 aromatic carbocycles. The quantitative estimate of drug-likeness (QED) is 0.682. The van der Waals surface area contributed by atoms with Crippen molar-refractivity contribution in [2.24, 2.45) is 7.05 Å².